The third-order valence-corrected chi connectivity index (χ3v) is 4.42. The molecule has 1 aliphatic heterocycles. The molecule has 2 nitrogen and oxygen atoms in total. The molecule has 0 aromatic carbocycles. The van der Waals surface area contributed by atoms with Crippen LogP contribution in [0.25, 0.3) is 0 Å². The van der Waals surface area contributed by atoms with Crippen LogP contribution in [-0.4, -0.2) is 37.1 Å². The van der Waals surface area contributed by atoms with Gasteiger partial charge in [-0.3, -0.25) is 4.90 Å². The Kier molecular flexibility index (Phi) is 3.68. The number of likely N-dealkylation sites (N-methyl/N-ethyl adjacent to an activating group) is 1. The summed E-state index contributed by atoms with van der Waals surface area (Å²) < 4.78 is 0. The Morgan fingerprint density at radius 1 is 1.20 bits per heavy atom. The summed E-state index contributed by atoms with van der Waals surface area (Å²) in [5, 5.41) is 3.47. The van der Waals surface area contributed by atoms with Gasteiger partial charge in [0.05, 0.1) is 0 Å². The molecule has 15 heavy (non-hydrogen) atoms. The molecule has 1 saturated carbocycles. The normalized spacial score (nSPS) is 42.6. The predicted octanol–water partition coefficient (Wildman–Crippen LogP) is 2.10. The van der Waals surface area contributed by atoms with Crippen molar-refractivity contribution in [3.8, 4) is 0 Å². The first kappa shape index (κ1) is 11.4. The van der Waals surface area contributed by atoms with Crippen molar-refractivity contribution in [2.45, 2.75) is 51.6 Å². The minimum absolute atomic E-state index is 0.736. The SMILES string of the molecule is CCC1CC(NC)CN(C2CC(C)C2)C1. The van der Waals surface area contributed by atoms with E-state index in [1.54, 1.807) is 0 Å². The molecule has 1 aliphatic carbocycles. The Labute approximate surface area is 94.4 Å². The van der Waals surface area contributed by atoms with Gasteiger partial charge in [-0.2, -0.15) is 0 Å². The van der Waals surface area contributed by atoms with Gasteiger partial charge in [-0.15, -0.1) is 0 Å². The van der Waals surface area contributed by atoms with Crippen LogP contribution < -0.4 is 5.32 Å². The van der Waals surface area contributed by atoms with Gasteiger partial charge in [-0.05, 0) is 38.1 Å². The zero-order valence-electron chi connectivity index (χ0n) is 10.5. The van der Waals surface area contributed by atoms with E-state index in [0.717, 1.165) is 23.9 Å². The lowest BCUT2D eigenvalue weighted by Gasteiger charge is -2.47. The highest BCUT2D eigenvalue weighted by Crippen LogP contribution is 2.34. The molecule has 2 aliphatic rings. The molecule has 2 fully saturated rings. The number of hydrogen-bond donors (Lipinski definition) is 1. The van der Waals surface area contributed by atoms with Crippen LogP contribution >= 0.6 is 0 Å². The fraction of sp³-hybridized carbons (Fsp3) is 1.00. The van der Waals surface area contributed by atoms with Gasteiger partial charge in [-0.25, -0.2) is 0 Å². The first-order chi connectivity index (χ1) is 7.22. The van der Waals surface area contributed by atoms with Crippen LogP contribution in [0.5, 0.6) is 0 Å². The topological polar surface area (TPSA) is 15.3 Å². The van der Waals surface area contributed by atoms with Crippen LogP contribution in [0.2, 0.25) is 0 Å². The fourth-order valence-corrected chi connectivity index (χ4v) is 3.20. The number of hydrogen-bond acceptors (Lipinski definition) is 2. The van der Waals surface area contributed by atoms with E-state index >= 15 is 0 Å². The van der Waals surface area contributed by atoms with E-state index in [-0.39, 0.29) is 0 Å². The Bertz CT molecular complexity index is 187. The molecule has 0 bridgehead atoms. The fourth-order valence-electron chi connectivity index (χ4n) is 3.20. The number of nitrogens with one attached hydrogen (secondary N) is 1. The lowest BCUT2D eigenvalue weighted by Crippen LogP contribution is -2.55. The van der Waals surface area contributed by atoms with Gasteiger partial charge in [0.15, 0.2) is 0 Å². The Hall–Kier alpha value is -0.0800. The summed E-state index contributed by atoms with van der Waals surface area (Å²) in [7, 11) is 2.12. The highest BCUT2D eigenvalue weighted by Gasteiger charge is 2.35. The van der Waals surface area contributed by atoms with E-state index in [1.165, 1.54) is 38.8 Å². The average Bonchev–Trinajstić information content (AvgIpc) is 2.24. The van der Waals surface area contributed by atoms with Crippen molar-refractivity contribution in [3.63, 3.8) is 0 Å². The van der Waals surface area contributed by atoms with Crippen LogP contribution in [0.1, 0.15) is 39.5 Å². The molecule has 1 saturated heterocycles. The van der Waals surface area contributed by atoms with Crippen LogP contribution in [0, 0.1) is 11.8 Å². The molecule has 0 amide bonds. The van der Waals surface area contributed by atoms with Gasteiger partial charge in [0, 0.05) is 25.2 Å². The molecule has 0 aromatic heterocycles. The second-order valence-corrected chi connectivity index (χ2v) is 5.68. The maximum Gasteiger partial charge on any atom is 0.0195 e. The summed E-state index contributed by atoms with van der Waals surface area (Å²) in [6, 6.07) is 1.64. The van der Waals surface area contributed by atoms with Crippen molar-refractivity contribution in [1.29, 1.82) is 0 Å². The van der Waals surface area contributed by atoms with Crippen LogP contribution in [0.4, 0.5) is 0 Å². The zero-order valence-corrected chi connectivity index (χ0v) is 10.5. The van der Waals surface area contributed by atoms with E-state index < -0.39 is 0 Å². The lowest BCUT2D eigenvalue weighted by atomic mass is 9.79. The van der Waals surface area contributed by atoms with E-state index in [1.807, 2.05) is 0 Å². The number of nitrogens with zero attached hydrogens (tertiary/aromatic N) is 1. The molecule has 2 atom stereocenters. The van der Waals surface area contributed by atoms with Gasteiger partial charge in [0.1, 0.15) is 0 Å². The second-order valence-electron chi connectivity index (χ2n) is 5.68. The Morgan fingerprint density at radius 3 is 2.47 bits per heavy atom. The minimum Gasteiger partial charge on any atom is -0.316 e. The molecule has 2 heteroatoms. The minimum atomic E-state index is 0.736. The maximum atomic E-state index is 3.47. The highest BCUT2D eigenvalue weighted by atomic mass is 15.2. The maximum absolute atomic E-state index is 3.47. The van der Waals surface area contributed by atoms with Crippen molar-refractivity contribution in [3.05, 3.63) is 0 Å². The quantitative estimate of drug-likeness (QED) is 0.767. The van der Waals surface area contributed by atoms with Gasteiger partial charge in [0.25, 0.3) is 0 Å². The van der Waals surface area contributed by atoms with Crippen molar-refractivity contribution < 1.29 is 0 Å². The monoisotopic (exact) mass is 210 g/mol. The standard InChI is InChI=1S/C13H26N2/c1-4-11-7-12(14-3)9-15(8-11)13-5-10(2)6-13/h10-14H,4-9H2,1-3H3. The molecule has 1 heterocycles. The molecule has 2 unspecified atom stereocenters. The number of piperidine rings is 1. The average molecular weight is 210 g/mol. The summed E-state index contributed by atoms with van der Waals surface area (Å²) in [4.78, 5) is 2.75. The van der Waals surface area contributed by atoms with Gasteiger partial charge in [-0.1, -0.05) is 20.3 Å². The third-order valence-electron chi connectivity index (χ3n) is 4.42. The molecular formula is C13H26N2. The molecule has 1 N–H and O–H groups in total. The molecular weight excluding hydrogens is 184 g/mol. The zero-order chi connectivity index (χ0) is 10.8. The van der Waals surface area contributed by atoms with Crippen molar-refractivity contribution in [2.75, 3.05) is 20.1 Å². The van der Waals surface area contributed by atoms with Crippen molar-refractivity contribution >= 4 is 0 Å². The van der Waals surface area contributed by atoms with Crippen LogP contribution in [0.15, 0.2) is 0 Å². The van der Waals surface area contributed by atoms with Crippen LogP contribution in [0.3, 0.4) is 0 Å². The Morgan fingerprint density at radius 2 is 1.93 bits per heavy atom. The molecule has 0 spiro atoms. The Balaban J connectivity index is 1.88. The van der Waals surface area contributed by atoms with Gasteiger partial charge >= 0.3 is 0 Å². The third kappa shape index (κ3) is 2.54. The predicted molar refractivity (Wildman–Crippen MR) is 65.0 cm³/mol. The first-order valence-corrected chi connectivity index (χ1v) is 6.64. The van der Waals surface area contributed by atoms with Crippen molar-refractivity contribution in [2.24, 2.45) is 11.8 Å². The largest absolute Gasteiger partial charge is 0.316 e. The lowest BCUT2D eigenvalue weighted by molar-refractivity contribution is 0.0344. The number of rotatable bonds is 3. The van der Waals surface area contributed by atoms with Gasteiger partial charge < -0.3 is 5.32 Å². The van der Waals surface area contributed by atoms with E-state index in [4.69, 9.17) is 0 Å². The van der Waals surface area contributed by atoms with E-state index in [0.29, 0.717) is 0 Å². The smallest absolute Gasteiger partial charge is 0.0195 e. The molecule has 0 radical (unpaired) electrons. The van der Waals surface area contributed by atoms with Crippen molar-refractivity contribution in [1.82, 2.24) is 10.2 Å². The second kappa shape index (κ2) is 4.84. The summed E-state index contributed by atoms with van der Waals surface area (Å²) in [6.07, 6.45) is 5.60. The van der Waals surface area contributed by atoms with Crippen LogP contribution in [-0.2, 0) is 0 Å². The summed E-state index contributed by atoms with van der Waals surface area (Å²) in [5.74, 6) is 1.90. The summed E-state index contributed by atoms with van der Waals surface area (Å²) >= 11 is 0. The number of likely N-dealkylation sites (tertiary alicyclic amines) is 1. The molecule has 2 rings (SSSR count). The molecule has 0 aromatic rings. The summed E-state index contributed by atoms with van der Waals surface area (Å²) in [6.45, 7) is 7.36. The van der Waals surface area contributed by atoms with E-state index in [2.05, 4.69) is 31.1 Å². The van der Waals surface area contributed by atoms with Gasteiger partial charge in [0.2, 0.25) is 0 Å². The first-order valence-electron chi connectivity index (χ1n) is 6.64. The molecule has 88 valence electrons. The highest BCUT2D eigenvalue weighted by molar-refractivity contribution is 4.91. The van der Waals surface area contributed by atoms with E-state index in [9.17, 15) is 0 Å². The summed E-state index contributed by atoms with van der Waals surface area (Å²) in [5.41, 5.74) is 0.